The van der Waals surface area contributed by atoms with E-state index in [9.17, 15) is 8.78 Å². The lowest BCUT2D eigenvalue weighted by Crippen LogP contribution is -2.29. The van der Waals surface area contributed by atoms with Gasteiger partial charge in [0.2, 0.25) is 0 Å². The van der Waals surface area contributed by atoms with Crippen LogP contribution in [0.25, 0.3) is 0 Å². The number of halogens is 2. The standard InChI is InChI=1S/C12H15F2NO/c1-15-4-2-8(3-5-15)9-6-10(13)12(16)11(14)7-9/h6-8,16H,2-5H2,1H3. The molecule has 0 aromatic heterocycles. The minimum Gasteiger partial charge on any atom is -0.503 e. The smallest absolute Gasteiger partial charge is 0.187 e. The Bertz CT molecular complexity index is 364. The van der Waals surface area contributed by atoms with Crippen molar-refractivity contribution in [1.82, 2.24) is 4.90 Å². The predicted octanol–water partition coefficient (Wildman–Crippen LogP) is 2.48. The van der Waals surface area contributed by atoms with Crippen molar-refractivity contribution >= 4 is 0 Å². The predicted molar refractivity (Wildman–Crippen MR) is 57.5 cm³/mol. The van der Waals surface area contributed by atoms with Gasteiger partial charge < -0.3 is 10.0 Å². The van der Waals surface area contributed by atoms with Crippen molar-refractivity contribution in [2.75, 3.05) is 20.1 Å². The average molecular weight is 227 g/mol. The summed E-state index contributed by atoms with van der Waals surface area (Å²) in [5, 5.41) is 9.01. The second-order valence-corrected chi connectivity index (χ2v) is 4.41. The van der Waals surface area contributed by atoms with Crippen LogP contribution in [0.3, 0.4) is 0 Å². The summed E-state index contributed by atoms with van der Waals surface area (Å²) in [6.07, 6.45) is 1.81. The van der Waals surface area contributed by atoms with E-state index in [0.717, 1.165) is 25.9 Å². The van der Waals surface area contributed by atoms with Gasteiger partial charge in [-0.1, -0.05) is 0 Å². The molecule has 0 amide bonds. The van der Waals surface area contributed by atoms with Gasteiger partial charge in [0.15, 0.2) is 17.4 Å². The molecule has 4 heteroatoms. The topological polar surface area (TPSA) is 23.5 Å². The molecular formula is C12H15F2NO. The summed E-state index contributed by atoms with van der Waals surface area (Å²) in [6.45, 7) is 1.88. The van der Waals surface area contributed by atoms with Gasteiger partial charge in [-0.15, -0.1) is 0 Å². The molecule has 0 bridgehead atoms. The fraction of sp³-hybridized carbons (Fsp3) is 0.500. The molecule has 16 heavy (non-hydrogen) atoms. The number of nitrogens with zero attached hydrogens (tertiary/aromatic N) is 1. The highest BCUT2D eigenvalue weighted by Crippen LogP contribution is 2.31. The van der Waals surface area contributed by atoms with Crippen LogP contribution in [0.1, 0.15) is 24.3 Å². The lowest BCUT2D eigenvalue weighted by atomic mass is 9.89. The number of rotatable bonds is 1. The minimum absolute atomic E-state index is 0.195. The quantitative estimate of drug-likeness (QED) is 0.796. The highest BCUT2D eigenvalue weighted by Gasteiger charge is 2.21. The van der Waals surface area contributed by atoms with Crippen LogP contribution in [0.2, 0.25) is 0 Å². The Morgan fingerprint density at radius 1 is 1.19 bits per heavy atom. The van der Waals surface area contributed by atoms with Crippen molar-refractivity contribution in [3.8, 4) is 5.75 Å². The van der Waals surface area contributed by atoms with Gasteiger partial charge in [0.1, 0.15) is 0 Å². The van der Waals surface area contributed by atoms with Crippen LogP contribution >= 0.6 is 0 Å². The number of phenolic OH excluding ortho intramolecular Hbond substituents is 1. The van der Waals surface area contributed by atoms with E-state index in [-0.39, 0.29) is 5.92 Å². The molecule has 1 saturated heterocycles. The van der Waals surface area contributed by atoms with Gasteiger partial charge in [-0.3, -0.25) is 0 Å². The summed E-state index contributed by atoms with van der Waals surface area (Å²) >= 11 is 0. The highest BCUT2D eigenvalue weighted by molar-refractivity contribution is 5.32. The molecule has 0 spiro atoms. The zero-order chi connectivity index (χ0) is 11.7. The van der Waals surface area contributed by atoms with Crippen molar-refractivity contribution < 1.29 is 13.9 Å². The number of hydrogen-bond donors (Lipinski definition) is 1. The summed E-state index contributed by atoms with van der Waals surface area (Å²) in [5.74, 6) is -2.42. The Morgan fingerprint density at radius 3 is 2.19 bits per heavy atom. The van der Waals surface area contributed by atoms with Crippen molar-refractivity contribution in [3.63, 3.8) is 0 Å². The van der Waals surface area contributed by atoms with Gasteiger partial charge in [-0.25, -0.2) is 8.78 Å². The number of piperidine rings is 1. The molecule has 0 saturated carbocycles. The van der Waals surface area contributed by atoms with Gasteiger partial charge in [0, 0.05) is 0 Å². The summed E-state index contributed by atoms with van der Waals surface area (Å²) in [5.41, 5.74) is 0.654. The highest BCUT2D eigenvalue weighted by atomic mass is 19.1. The lowest BCUT2D eigenvalue weighted by Gasteiger charge is -2.29. The van der Waals surface area contributed by atoms with Crippen LogP contribution in [-0.2, 0) is 0 Å². The van der Waals surface area contributed by atoms with Crippen LogP contribution in [0.15, 0.2) is 12.1 Å². The van der Waals surface area contributed by atoms with Crippen molar-refractivity contribution in [2.45, 2.75) is 18.8 Å². The van der Waals surface area contributed by atoms with E-state index in [4.69, 9.17) is 5.11 Å². The van der Waals surface area contributed by atoms with E-state index in [0.29, 0.717) is 5.56 Å². The first-order valence-electron chi connectivity index (χ1n) is 5.44. The monoisotopic (exact) mass is 227 g/mol. The molecule has 1 heterocycles. The third-order valence-corrected chi connectivity index (χ3v) is 3.23. The summed E-state index contributed by atoms with van der Waals surface area (Å²) < 4.78 is 26.3. The molecule has 0 aliphatic carbocycles. The molecule has 1 aliphatic rings. The molecule has 0 atom stereocenters. The van der Waals surface area contributed by atoms with Crippen LogP contribution in [0.5, 0.6) is 5.75 Å². The first kappa shape index (κ1) is 11.3. The van der Waals surface area contributed by atoms with E-state index in [2.05, 4.69) is 4.90 Å². The molecule has 2 nitrogen and oxygen atoms in total. The Hall–Kier alpha value is -1.16. The average Bonchev–Trinajstić information content (AvgIpc) is 2.26. The molecule has 1 N–H and O–H groups in total. The third kappa shape index (κ3) is 2.16. The first-order valence-corrected chi connectivity index (χ1v) is 5.44. The van der Waals surface area contributed by atoms with Crippen molar-refractivity contribution in [1.29, 1.82) is 0 Å². The van der Waals surface area contributed by atoms with Gasteiger partial charge in [-0.2, -0.15) is 0 Å². The Labute approximate surface area is 93.5 Å². The maximum Gasteiger partial charge on any atom is 0.187 e. The maximum atomic E-state index is 13.2. The normalized spacial score (nSPS) is 18.9. The lowest BCUT2D eigenvalue weighted by molar-refractivity contribution is 0.254. The Kier molecular flexibility index (Phi) is 3.10. The minimum atomic E-state index is -0.878. The van der Waals surface area contributed by atoms with Gasteiger partial charge in [0.05, 0.1) is 0 Å². The summed E-state index contributed by atoms with van der Waals surface area (Å²) in [7, 11) is 2.04. The third-order valence-electron chi connectivity index (χ3n) is 3.23. The molecule has 1 aromatic carbocycles. The van der Waals surface area contributed by atoms with Crippen LogP contribution < -0.4 is 0 Å². The van der Waals surface area contributed by atoms with Crippen LogP contribution in [0.4, 0.5) is 8.78 Å². The van der Waals surface area contributed by atoms with E-state index < -0.39 is 17.4 Å². The summed E-state index contributed by atoms with van der Waals surface area (Å²) in [4.78, 5) is 2.20. The van der Waals surface area contributed by atoms with Gasteiger partial charge in [-0.05, 0) is 56.6 Å². The van der Waals surface area contributed by atoms with E-state index >= 15 is 0 Å². The molecule has 1 aromatic rings. The van der Waals surface area contributed by atoms with Gasteiger partial charge >= 0.3 is 0 Å². The molecule has 0 radical (unpaired) electrons. The molecular weight excluding hydrogens is 212 g/mol. The molecule has 0 unspecified atom stereocenters. The van der Waals surface area contributed by atoms with Gasteiger partial charge in [0.25, 0.3) is 0 Å². The SMILES string of the molecule is CN1CCC(c2cc(F)c(O)c(F)c2)CC1. The summed E-state index contributed by atoms with van der Waals surface area (Å²) in [6, 6.07) is 2.49. The number of aromatic hydroxyl groups is 1. The van der Waals surface area contributed by atoms with Crippen molar-refractivity contribution in [2.24, 2.45) is 0 Å². The first-order chi connectivity index (χ1) is 7.58. The maximum absolute atomic E-state index is 13.2. The van der Waals surface area contributed by atoms with Crippen LogP contribution in [-0.4, -0.2) is 30.1 Å². The Morgan fingerprint density at radius 2 is 1.69 bits per heavy atom. The Balaban J connectivity index is 2.21. The second kappa shape index (κ2) is 4.37. The number of benzene rings is 1. The van der Waals surface area contributed by atoms with Crippen molar-refractivity contribution in [3.05, 3.63) is 29.3 Å². The fourth-order valence-electron chi connectivity index (χ4n) is 2.16. The molecule has 1 aliphatic heterocycles. The van der Waals surface area contributed by atoms with E-state index in [1.807, 2.05) is 7.05 Å². The second-order valence-electron chi connectivity index (χ2n) is 4.41. The van der Waals surface area contributed by atoms with E-state index in [1.54, 1.807) is 0 Å². The fourth-order valence-corrected chi connectivity index (χ4v) is 2.16. The van der Waals surface area contributed by atoms with Crippen LogP contribution in [0, 0.1) is 11.6 Å². The molecule has 2 rings (SSSR count). The zero-order valence-corrected chi connectivity index (χ0v) is 9.21. The molecule has 88 valence electrons. The molecule has 1 fully saturated rings. The number of phenols is 1. The largest absolute Gasteiger partial charge is 0.503 e. The number of hydrogen-bond acceptors (Lipinski definition) is 2. The zero-order valence-electron chi connectivity index (χ0n) is 9.21. The van der Waals surface area contributed by atoms with E-state index in [1.165, 1.54) is 12.1 Å². The number of likely N-dealkylation sites (tertiary alicyclic amines) is 1.